The molecular formula is C13H19N3O4. The third-order valence-corrected chi connectivity index (χ3v) is 3.41. The molecule has 7 nitrogen and oxygen atoms in total. The standard InChI is InChI=1S/C13H19N3O4/c1-5-7-14(6-2)12-8-11(15(17)18)9(3)10(4)13(12)16(19)20/h8H,5-7H2,1-4H3. The molecule has 0 unspecified atom stereocenters. The minimum atomic E-state index is -0.491. The first-order valence-electron chi connectivity index (χ1n) is 6.53. The van der Waals surface area contributed by atoms with Gasteiger partial charge in [0.15, 0.2) is 0 Å². The van der Waals surface area contributed by atoms with Gasteiger partial charge in [0.1, 0.15) is 5.69 Å². The molecule has 0 saturated heterocycles. The van der Waals surface area contributed by atoms with Crippen LogP contribution in [0.25, 0.3) is 0 Å². The first-order chi connectivity index (χ1) is 9.34. The van der Waals surface area contributed by atoms with E-state index in [1.807, 2.05) is 13.8 Å². The highest BCUT2D eigenvalue weighted by Gasteiger charge is 2.28. The predicted octanol–water partition coefficient (Wildman–Crippen LogP) is 3.36. The maximum absolute atomic E-state index is 11.3. The Kier molecular flexibility index (Phi) is 5.01. The summed E-state index contributed by atoms with van der Waals surface area (Å²) in [6.45, 7) is 8.12. The van der Waals surface area contributed by atoms with Crippen LogP contribution >= 0.6 is 0 Å². The fourth-order valence-corrected chi connectivity index (χ4v) is 2.25. The molecule has 0 aliphatic carbocycles. The maximum atomic E-state index is 11.3. The Bertz CT molecular complexity index is 543. The molecule has 1 rings (SSSR count). The van der Waals surface area contributed by atoms with Gasteiger partial charge in [0, 0.05) is 30.3 Å². The molecule has 0 N–H and O–H groups in total. The van der Waals surface area contributed by atoms with E-state index in [0.29, 0.717) is 29.9 Å². The van der Waals surface area contributed by atoms with E-state index in [1.54, 1.807) is 18.7 Å². The molecule has 0 atom stereocenters. The van der Waals surface area contributed by atoms with Crippen LogP contribution in [0.3, 0.4) is 0 Å². The number of nitrogens with zero attached hydrogens (tertiary/aromatic N) is 3. The van der Waals surface area contributed by atoms with E-state index >= 15 is 0 Å². The highest BCUT2D eigenvalue weighted by Crippen LogP contribution is 2.38. The first kappa shape index (κ1) is 15.9. The second-order valence-electron chi connectivity index (χ2n) is 4.61. The molecule has 0 spiro atoms. The number of nitro groups is 2. The van der Waals surface area contributed by atoms with Crippen LogP contribution in [0, 0.1) is 34.1 Å². The summed E-state index contributed by atoms with van der Waals surface area (Å²) in [5.41, 5.74) is 0.918. The summed E-state index contributed by atoms with van der Waals surface area (Å²) in [4.78, 5) is 23.3. The van der Waals surface area contributed by atoms with E-state index in [0.717, 1.165) is 6.42 Å². The van der Waals surface area contributed by atoms with Crippen molar-refractivity contribution in [1.29, 1.82) is 0 Å². The zero-order valence-electron chi connectivity index (χ0n) is 12.2. The molecule has 0 heterocycles. The van der Waals surface area contributed by atoms with Crippen molar-refractivity contribution in [3.05, 3.63) is 37.4 Å². The lowest BCUT2D eigenvalue weighted by molar-refractivity contribution is -0.389. The number of benzene rings is 1. The van der Waals surface area contributed by atoms with Crippen LogP contribution < -0.4 is 4.90 Å². The second kappa shape index (κ2) is 6.31. The van der Waals surface area contributed by atoms with Crippen LogP contribution in [0.2, 0.25) is 0 Å². The number of hydrogen-bond acceptors (Lipinski definition) is 5. The largest absolute Gasteiger partial charge is 0.366 e. The quantitative estimate of drug-likeness (QED) is 0.589. The Morgan fingerprint density at radius 2 is 1.70 bits per heavy atom. The Hall–Kier alpha value is -2.18. The molecule has 20 heavy (non-hydrogen) atoms. The lowest BCUT2D eigenvalue weighted by Gasteiger charge is -2.23. The fraction of sp³-hybridized carbons (Fsp3) is 0.538. The van der Waals surface area contributed by atoms with Crippen molar-refractivity contribution in [3.8, 4) is 0 Å². The Labute approximate surface area is 117 Å². The van der Waals surface area contributed by atoms with Crippen LogP contribution in [0.5, 0.6) is 0 Å². The van der Waals surface area contributed by atoms with Gasteiger partial charge in [-0.15, -0.1) is 0 Å². The minimum Gasteiger partial charge on any atom is -0.366 e. The molecule has 7 heteroatoms. The summed E-state index contributed by atoms with van der Waals surface area (Å²) < 4.78 is 0. The molecule has 0 aromatic heterocycles. The zero-order chi connectivity index (χ0) is 15.4. The third-order valence-electron chi connectivity index (χ3n) is 3.41. The van der Waals surface area contributed by atoms with Crippen molar-refractivity contribution in [1.82, 2.24) is 0 Å². The van der Waals surface area contributed by atoms with Crippen molar-refractivity contribution in [2.75, 3.05) is 18.0 Å². The number of anilines is 1. The van der Waals surface area contributed by atoms with Crippen molar-refractivity contribution < 1.29 is 9.85 Å². The molecule has 0 saturated carbocycles. The van der Waals surface area contributed by atoms with E-state index in [9.17, 15) is 20.2 Å². The summed E-state index contributed by atoms with van der Waals surface area (Å²) >= 11 is 0. The maximum Gasteiger partial charge on any atom is 0.296 e. The highest BCUT2D eigenvalue weighted by molar-refractivity contribution is 5.73. The molecule has 0 amide bonds. The van der Waals surface area contributed by atoms with Gasteiger partial charge in [0.05, 0.1) is 9.85 Å². The smallest absolute Gasteiger partial charge is 0.296 e. The zero-order valence-corrected chi connectivity index (χ0v) is 12.2. The average molecular weight is 281 g/mol. The molecule has 0 aliphatic rings. The Morgan fingerprint density at radius 3 is 2.10 bits per heavy atom. The number of hydrogen-bond donors (Lipinski definition) is 0. The van der Waals surface area contributed by atoms with E-state index in [-0.39, 0.29) is 11.4 Å². The van der Waals surface area contributed by atoms with Crippen LogP contribution in [-0.2, 0) is 0 Å². The molecule has 1 aromatic rings. The molecule has 1 aromatic carbocycles. The second-order valence-corrected chi connectivity index (χ2v) is 4.61. The Balaban J connectivity index is 3.61. The molecule has 110 valence electrons. The Morgan fingerprint density at radius 1 is 1.10 bits per heavy atom. The van der Waals surface area contributed by atoms with Gasteiger partial charge in [-0.3, -0.25) is 20.2 Å². The van der Waals surface area contributed by atoms with E-state index in [1.165, 1.54) is 6.07 Å². The van der Waals surface area contributed by atoms with Crippen LogP contribution in [0.4, 0.5) is 17.1 Å². The van der Waals surface area contributed by atoms with E-state index < -0.39 is 9.85 Å². The summed E-state index contributed by atoms with van der Waals surface area (Å²) in [6.07, 6.45) is 0.811. The van der Waals surface area contributed by atoms with Crippen molar-refractivity contribution in [3.63, 3.8) is 0 Å². The molecule has 0 bridgehead atoms. The SMILES string of the molecule is CCCN(CC)c1cc([N+](=O)[O-])c(C)c(C)c1[N+](=O)[O-]. The van der Waals surface area contributed by atoms with Gasteiger partial charge in [0.25, 0.3) is 11.4 Å². The van der Waals surface area contributed by atoms with E-state index in [4.69, 9.17) is 0 Å². The van der Waals surface area contributed by atoms with Crippen molar-refractivity contribution in [2.45, 2.75) is 34.1 Å². The molecule has 0 radical (unpaired) electrons. The fourth-order valence-electron chi connectivity index (χ4n) is 2.25. The summed E-state index contributed by atoms with van der Waals surface area (Å²) in [5.74, 6) is 0. The van der Waals surface area contributed by atoms with Gasteiger partial charge in [-0.25, -0.2) is 0 Å². The molecular weight excluding hydrogens is 262 g/mol. The normalized spacial score (nSPS) is 10.4. The minimum absolute atomic E-state index is 0.0385. The number of nitro benzene ring substituents is 2. The van der Waals surface area contributed by atoms with Crippen LogP contribution in [-0.4, -0.2) is 22.9 Å². The van der Waals surface area contributed by atoms with Crippen LogP contribution in [0.15, 0.2) is 6.07 Å². The number of rotatable bonds is 6. The average Bonchev–Trinajstić information content (AvgIpc) is 2.38. The van der Waals surface area contributed by atoms with Gasteiger partial charge in [-0.2, -0.15) is 0 Å². The van der Waals surface area contributed by atoms with Gasteiger partial charge in [-0.1, -0.05) is 6.92 Å². The highest BCUT2D eigenvalue weighted by atomic mass is 16.6. The summed E-state index contributed by atoms with van der Waals surface area (Å²) in [7, 11) is 0. The van der Waals surface area contributed by atoms with E-state index in [2.05, 4.69) is 0 Å². The van der Waals surface area contributed by atoms with Crippen LogP contribution in [0.1, 0.15) is 31.4 Å². The topological polar surface area (TPSA) is 89.5 Å². The molecule has 0 fully saturated rings. The van der Waals surface area contributed by atoms with Gasteiger partial charge >= 0.3 is 0 Å². The first-order valence-corrected chi connectivity index (χ1v) is 6.53. The van der Waals surface area contributed by atoms with Gasteiger partial charge < -0.3 is 4.90 Å². The van der Waals surface area contributed by atoms with Gasteiger partial charge in [0.2, 0.25) is 0 Å². The predicted molar refractivity (Wildman–Crippen MR) is 77.4 cm³/mol. The lowest BCUT2D eigenvalue weighted by Crippen LogP contribution is -2.25. The summed E-state index contributed by atoms with van der Waals surface area (Å²) in [6, 6.07) is 1.32. The molecule has 0 aliphatic heterocycles. The summed E-state index contributed by atoms with van der Waals surface area (Å²) in [5, 5.41) is 22.4. The van der Waals surface area contributed by atoms with Crippen molar-refractivity contribution in [2.24, 2.45) is 0 Å². The monoisotopic (exact) mass is 281 g/mol. The third kappa shape index (κ3) is 2.87. The lowest BCUT2D eigenvalue weighted by atomic mass is 10.0. The van der Waals surface area contributed by atoms with Gasteiger partial charge in [-0.05, 0) is 27.2 Å². The van der Waals surface area contributed by atoms with Crippen molar-refractivity contribution >= 4 is 17.1 Å².